The molecule has 0 amide bonds. The van der Waals surface area contributed by atoms with E-state index in [9.17, 15) is 0 Å². The fraction of sp³-hybridized carbons (Fsp3) is 0.625. The van der Waals surface area contributed by atoms with Gasteiger partial charge in [0, 0.05) is 40.3 Å². The highest BCUT2D eigenvalue weighted by molar-refractivity contribution is 5.43. The number of methoxy groups -OCH3 is 2. The summed E-state index contributed by atoms with van der Waals surface area (Å²) < 4.78 is 21.4. The molecule has 0 saturated heterocycles. The van der Waals surface area contributed by atoms with Crippen molar-refractivity contribution in [3.05, 3.63) is 23.8 Å². The number of benzene rings is 1. The van der Waals surface area contributed by atoms with Gasteiger partial charge in [0.2, 0.25) is 0 Å². The Hall–Kier alpha value is -1.30. The zero-order chi connectivity index (χ0) is 15.3. The summed E-state index contributed by atoms with van der Waals surface area (Å²) in [5.74, 6) is 1.58. The van der Waals surface area contributed by atoms with Gasteiger partial charge < -0.3 is 24.3 Å². The molecular weight excluding hydrogens is 270 g/mol. The first-order chi connectivity index (χ1) is 10.3. The number of hydrogen-bond acceptors (Lipinski definition) is 5. The first kappa shape index (κ1) is 17.8. The second-order valence-electron chi connectivity index (χ2n) is 4.58. The lowest BCUT2D eigenvalue weighted by Gasteiger charge is -2.13. The molecule has 0 saturated carbocycles. The van der Waals surface area contributed by atoms with Gasteiger partial charge in [-0.25, -0.2) is 0 Å². The molecule has 5 nitrogen and oxygen atoms in total. The van der Waals surface area contributed by atoms with Crippen molar-refractivity contribution in [1.82, 2.24) is 5.32 Å². The summed E-state index contributed by atoms with van der Waals surface area (Å²) in [6, 6.07) is 6.04. The maximum atomic E-state index is 5.74. The van der Waals surface area contributed by atoms with Gasteiger partial charge >= 0.3 is 0 Å². The average Bonchev–Trinajstić information content (AvgIpc) is 2.50. The number of nitrogens with one attached hydrogen (secondary N) is 1. The summed E-state index contributed by atoms with van der Waals surface area (Å²) >= 11 is 0. The molecule has 120 valence electrons. The van der Waals surface area contributed by atoms with Crippen molar-refractivity contribution in [3.8, 4) is 11.5 Å². The van der Waals surface area contributed by atoms with Crippen molar-refractivity contribution in [2.24, 2.45) is 0 Å². The summed E-state index contributed by atoms with van der Waals surface area (Å²) in [4.78, 5) is 0. The van der Waals surface area contributed by atoms with E-state index in [1.54, 1.807) is 14.2 Å². The normalized spacial score (nSPS) is 10.6. The van der Waals surface area contributed by atoms with Crippen molar-refractivity contribution >= 4 is 0 Å². The van der Waals surface area contributed by atoms with E-state index in [4.69, 9.17) is 18.9 Å². The van der Waals surface area contributed by atoms with Gasteiger partial charge in [-0.1, -0.05) is 6.07 Å². The molecule has 0 heterocycles. The Bertz CT molecular complexity index is 385. The van der Waals surface area contributed by atoms with Crippen LogP contribution in [0, 0.1) is 0 Å². The number of rotatable bonds is 12. The topological polar surface area (TPSA) is 49.0 Å². The summed E-state index contributed by atoms with van der Waals surface area (Å²) in [7, 11) is 3.39. The van der Waals surface area contributed by atoms with Gasteiger partial charge in [0.15, 0.2) is 11.5 Å². The van der Waals surface area contributed by atoms with Crippen LogP contribution in [0.5, 0.6) is 11.5 Å². The van der Waals surface area contributed by atoms with Crippen molar-refractivity contribution in [1.29, 1.82) is 0 Å². The van der Waals surface area contributed by atoms with Crippen LogP contribution in [0.25, 0.3) is 0 Å². The zero-order valence-electron chi connectivity index (χ0n) is 13.3. The molecule has 0 unspecified atom stereocenters. The smallest absolute Gasteiger partial charge is 0.161 e. The van der Waals surface area contributed by atoms with E-state index >= 15 is 0 Å². The molecule has 0 spiro atoms. The molecule has 21 heavy (non-hydrogen) atoms. The molecule has 0 radical (unpaired) electrons. The Balaban J connectivity index is 2.54. The highest BCUT2D eigenvalue weighted by Gasteiger charge is 2.06. The highest BCUT2D eigenvalue weighted by Crippen LogP contribution is 2.28. The third-order valence-electron chi connectivity index (χ3n) is 2.87. The fourth-order valence-corrected chi connectivity index (χ4v) is 1.84. The zero-order valence-corrected chi connectivity index (χ0v) is 13.3. The molecule has 0 aromatic heterocycles. The second kappa shape index (κ2) is 11.4. The summed E-state index contributed by atoms with van der Waals surface area (Å²) in [5.41, 5.74) is 1.17. The van der Waals surface area contributed by atoms with E-state index in [0.717, 1.165) is 31.0 Å². The van der Waals surface area contributed by atoms with E-state index in [1.165, 1.54) is 5.56 Å². The van der Waals surface area contributed by atoms with Gasteiger partial charge in [-0.05, 0) is 24.6 Å². The van der Waals surface area contributed by atoms with Gasteiger partial charge in [-0.3, -0.25) is 0 Å². The van der Waals surface area contributed by atoms with E-state index in [0.29, 0.717) is 26.4 Å². The average molecular weight is 297 g/mol. The summed E-state index contributed by atoms with van der Waals surface area (Å²) in [6.07, 6.45) is 0.863. The molecular formula is C16H27NO4. The van der Waals surface area contributed by atoms with Crippen LogP contribution in [0.4, 0.5) is 0 Å². The van der Waals surface area contributed by atoms with Gasteiger partial charge in [-0.2, -0.15) is 0 Å². The molecule has 1 aromatic carbocycles. The molecule has 0 aliphatic carbocycles. The Morgan fingerprint density at radius 3 is 2.48 bits per heavy atom. The molecule has 0 atom stereocenters. The lowest BCUT2D eigenvalue weighted by atomic mass is 10.2. The van der Waals surface area contributed by atoms with Crippen LogP contribution in [0.2, 0.25) is 0 Å². The van der Waals surface area contributed by atoms with Crippen LogP contribution in [-0.4, -0.2) is 47.2 Å². The van der Waals surface area contributed by atoms with Gasteiger partial charge in [-0.15, -0.1) is 0 Å². The van der Waals surface area contributed by atoms with Crippen LogP contribution < -0.4 is 14.8 Å². The minimum absolute atomic E-state index is 0.620. The first-order valence-electron chi connectivity index (χ1n) is 7.39. The van der Waals surface area contributed by atoms with E-state index in [2.05, 4.69) is 5.32 Å². The summed E-state index contributed by atoms with van der Waals surface area (Å²) in [6.45, 7) is 6.24. The fourth-order valence-electron chi connectivity index (χ4n) is 1.84. The monoisotopic (exact) mass is 297 g/mol. The van der Waals surface area contributed by atoms with E-state index in [-0.39, 0.29) is 0 Å². The van der Waals surface area contributed by atoms with E-state index in [1.807, 2.05) is 25.1 Å². The quantitative estimate of drug-likeness (QED) is 0.600. The molecule has 1 N–H and O–H groups in total. The van der Waals surface area contributed by atoms with Gasteiger partial charge in [0.25, 0.3) is 0 Å². The largest absolute Gasteiger partial charge is 0.490 e. The second-order valence-corrected chi connectivity index (χ2v) is 4.58. The van der Waals surface area contributed by atoms with Crippen LogP contribution in [0.1, 0.15) is 18.9 Å². The minimum atomic E-state index is 0.620. The molecule has 1 aromatic rings. The van der Waals surface area contributed by atoms with Crippen LogP contribution in [0.3, 0.4) is 0 Å². The third kappa shape index (κ3) is 7.32. The first-order valence-corrected chi connectivity index (χ1v) is 7.39. The molecule has 0 bridgehead atoms. The van der Waals surface area contributed by atoms with Gasteiger partial charge in [0.1, 0.15) is 0 Å². The van der Waals surface area contributed by atoms with Crippen LogP contribution in [0.15, 0.2) is 18.2 Å². The molecule has 1 rings (SSSR count). The standard InChI is InChI=1S/C16H27NO4/c1-4-20-16-12-14(13-17-8-11-19-3)6-7-15(16)21-10-5-9-18-2/h6-7,12,17H,4-5,8-11,13H2,1-3H3. The van der Waals surface area contributed by atoms with Crippen LogP contribution >= 0.6 is 0 Å². The predicted octanol–water partition coefficient (Wildman–Crippen LogP) is 2.24. The summed E-state index contributed by atoms with van der Waals surface area (Å²) in [5, 5.41) is 3.31. The molecule has 0 aliphatic rings. The van der Waals surface area contributed by atoms with Crippen LogP contribution in [-0.2, 0) is 16.0 Å². The predicted molar refractivity (Wildman–Crippen MR) is 83.2 cm³/mol. The lowest BCUT2D eigenvalue weighted by molar-refractivity contribution is 0.170. The molecule has 0 fully saturated rings. The SMILES string of the molecule is CCOc1cc(CNCCOC)ccc1OCCCOC. The highest BCUT2D eigenvalue weighted by atomic mass is 16.5. The van der Waals surface area contributed by atoms with Crippen molar-refractivity contribution in [3.63, 3.8) is 0 Å². The Labute approximate surface area is 127 Å². The van der Waals surface area contributed by atoms with Crippen molar-refractivity contribution in [2.75, 3.05) is 47.2 Å². The maximum Gasteiger partial charge on any atom is 0.161 e. The molecule has 0 aliphatic heterocycles. The Morgan fingerprint density at radius 1 is 0.952 bits per heavy atom. The molecule has 5 heteroatoms. The number of ether oxygens (including phenoxy) is 4. The minimum Gasteiger partial charge on any atom is -0.490 e. The lowest BCUT2D eigenvalue weighted by Crippen LogP contribution is -2.18. The Morgan fingerprint density at radius 2 is 1.76 bits per heavy atom. The number of hydrogen-bond donors (Lipinski definition) is 1. The third-order valence-corrected chi connectivity index (χ3v) is 2.87. The maximum absolute atomic E-state index is 5.74. The Kier molecular flexibility index (Phi) is 9.61. The van der Waals surface area contributed by atoms with E-state index < -0.39 is 0 Å². The van der Waals surface area contributed by atoms with Crippen molar-refractivity contribution in [2.45, 2.75) is 19.9 Å². The van der Waals surface area contributed by atoms with Gasteiger partial charge in [0.05, 0.1) is 19.8 Å². The van der Waals surface area contributed by atoms with Crippen molar-refractivity contribution < 1.29 is 18.9 Å².